The lowest BCUT2D eigenvalue weighted by atomic mass is 10.1. The monoisotopic (exact) mass is 424 g/mol. The molecule has 0 atom stereocenters. The van der Waals surface area contributed by atoms with Gasteiger partial charge in [0.2, 0.25) is 0 Å². The summed E-state index contributed by atoms with van der Waals surface area (Å²) in [4.78, 5) is 36.4. The summed E-state index contributed by atoms with van der Waals surface area (Å²) < 4.78 is 10.7. The third kappa shape index (κ3) is 7.44. The van der Waals surface area contributed by atoms with Gasteiger partial charge in [-0.25, -0.2) is 4.79 Å². The molecule has 0 bridgehead atoms. The predicted molar refractivity (Wildman–Crippen MR) is 117 cm³/mol. The van der Waals surface area contributed by atoms with Crippen LogP contribution in [0.25, 0.3) is 0 Å². The van der Waals surface area contributed by atoms with E-state index in [0.717, 1.165) is 19.3 Å². The van der Waals surface area contributed by atoms with Gasteiger partial charge >= 0.3 is 5.97 Å². The number of benzene rings is 2. The van der Waals surface area contributed by atoms with Gasteiger partial charge < -0.3 is 20.1 Å². The van der Waals surface area contributed by atoms with Crippen LogP contribution in [0.15, 0.2) is 48.5 Å². The molecule has 0 unspecified atom stereocenters. The number of rotatable bonds is 10. The van der Waals surface area contributed by atoms with E-state index in [-0.39, 0.29) is 11.9 Å². The summed E-state index contributed by atoms with van der Waals surface area (Å²) in [5.74, 6) is -0.00634. The van der Waals surface area contributed by atoms with Gasteiger partial charge in [0.25, 0.3) is 11.8 Å². The standard InChI is InChI=1S/C24H28N2O5/c1-16(2)12-13-30-21-10-6-17(7-11-21)24(29)31-15-22(27)25-20-5-3-4-18(14-20)23(28)26-19-8-9-19/h3-7,10-11,14,16,19H,8-9,12-13,15H2,1-2H3,(H,25,27)(H,26,28). The summed E-state index contributed by atoms with van der Waals surface area (Å²) in [7, 11) is 0. The highest BCUT2D eigenvalue weighted by atomic mass is 16.5. The predicted octanol–water partition coefficient (Wildman–Crippen LogP) is 3.80. The Bertz CT molecular complexity index is 920. The smallest absolute Gasteiger partial charge is 0.338 e. The molecule has 0 aromatic heterocycles. The minimum atomic E-state index is -0.596. The third-order valence-corrected chi connectivity index (χ3v) is 4.71. The van der Waals surface area contributed by atoms with E-state index in [1.54, 1.807) is 48.5 Å². The second kappa shape index (κ2) is 10.6. The van der Waals surface area contributed by atoms with E-state index >= 15 is 0 Å². The molecule has 3 rings (SSSR count). The molecule has 0 spiro atoms. The lowest BCUT2D eigenvalue weighted by molar-refractivity contribution is -0.119. The minimum absolute atomic E-state index is 0.165. The van der Waals surface area contributed by atoms with Gasteiger partial charge in [-0.15, -0.1) is 0 Å². The number of nitrogens with one attached hydrogen (secondary N) is 2. The fourth-order valence-electron chi connectivity index (χ4n) is 2.75. The van der Waals surface area contributed by atoms with E-state index in [1.807, 2.05) is 0 Å². The maximum Gasteiger partial charge on any atom is 0.338 e. The van der Waals surface area contributed by atoms with Gasteiger partial charge in [-0.3, -0.25) is 9.59 Å². The Hall–Kier alpha value is -3.35. The Morgan fingerprint density at radius 2 is 1.77 bits per heavy atom. The van der Waals surface area contributed by atoms with Crippen LogP contribution in [0.5, 0.6) is 5.75 Å². The van der Waals surface area contributed by atoms with Gasteiger partial charge in [0.1, 0.15) is 5.75 Å². The molecular formula is C24H28N2O5. The highest BCUT2D eigenvalue weighted by Gasteiger charge is 2.23. The van der Waals surface area contributed by atoms with Gasteiger partial charge in [-0.2, -0.15) is 0 Å². The van der Waals surface area contributed by atoms with Crippen molar-refractivity contribution in [3.63, 3.8) is 0 Å². The molecule has 164 valence electrons. The van der Waals surface area contributed by atoms with Crippen LogP contribution in [-0.2, 0) is 9.53 Å². The molecule has 2 aromatic carbocycles. The minimum Gasteiger partial charge on any atom is -0.494 e. The summed E-state index contributed by atoms with van der Waals surface area (Å²) in [5.41, 5.74) is 1.27. The molecule has 1 saturated carbocycles. The number of ether oxygens (including phenoxy) is 2. The normalized spacial score (nSPS) is 12.9. The lowest BCUT2D eigenvalue weighted by Crippen LogP contribution is -2.25. The van der Waals surface area contributed by atoms with Crippen molar-refractivity contribution >= 4 is 23.5 Å². The van der Waals surface area contributed by atoms with Gasteiger partial charge in [-0.1, -0.05) is 19.9 Å². The second-order valence-electron chi connectivity index (χ2n) is 8.01. The first-order valence-corrected chi connectivity index (χ1v) is 10.5. The Morgan fingerprint density at radius 1 is 1.03 bits per heavy atom. The largest absolute Gasteiger partial charge is 0.494 e. The molecule has 1 aliphatic carbocycles. The van der Waals surface area contributed by atoms with Gasteiger partial charge in [0.05, 0.1) is 12.2 Å². The van der Waals surface area contributed by atoms with Crippen LogP contribution >= 0.6 is 0 Å². The maximum absolute atomic E-state index is 12.2. The molecule has 0 heterocycles. The Balaban J connectivity index is 1.44. The molecule has 7 heteroatoms. The van der Waals surface area contributed by atoms with E-state index in [9.17, 15) is 14.4 Å². The molecule has 1 fully saturated rings. The maximum atomic E-state index is 12.2. The Morgan fingerprint density at radius 3 is 2.45 bits per heavy atom. The van der Waals surface area contributed by atoms with Crippen LogP contribution < -0.4 is 15.4 Å². The topological polar surface area (TPSA) is 93.7 Å². The van der Waals surface area contributed by atoms with Gasteiger partial charge in [0, 0.05) is 17.3 Å². The third-order valence-electron chi connectivity index (χ3n) is 4.71. The van der Waals surface area contributed by atoms with Crippen molar-refractivity contribution in [2.24, 2.45) is 5.92 Å². The van der Waals surface area contributed by atoms with E-state index in [2.05, 4.69) is 24.5 Å². The average molecular weight is 424 g/mol. The molecule has 0 aliphatic heterocycles. The quantitative estimate of drug-likeness (QED) is 0.566. The van der Waals surface area contributed by atoms with Crippen molar-refractivity contribution in [3.05, 3.63) is 59.7 Å². The van der Waals surface area contributed by atoms with E-state index in [0.29, 0.717) is 35.1 Å². The molecule has 0 radical (unpaired) electrons. The molecule has 1 aliphatic rings. The number of hydrogen-bond acceptors (Lipinski definition) is 5. The first-order valence-electron chi connectivity index (χ1n) is 10.5. The molecule has 0 saturated heterocycles. The summed E-state index contributed by atoms with van der Waals surface area (Å²) in [6, 6.07) is 13.5. The SMILES string of the molecule is CC(C)CCOc1ccc(C(=O)OCC(=O)Nc2cccc(C(=O)NC3CC3)c2)cc1. The van der Waals surface area contributed by atoms with E-state index < -0.39 is 18.5 Å². The van der Waals surface area contributed by atoms with Crippen LogP contribution in [0.1, 0.15) is 53.8 Å². The summed E-state index contributed by atoms with van der Waals surface area (Å²) in [6.07, 6.45) is 2.95. The van der Waals surface area contributed by atoms with E-state index in [1.165, 1.54) is 0 Å². The van der Waals surface area contributed by atoms with Crippen molar-refractivity contribution in [2.75, 3.05) is 18.5 Å². The zero-order chi connectivity index (χ0) is 22.2. The average Bonchev–Trinajstić information content (AvgIpc) is 3.56. The first-order chi connectivity index (χ1) is 14.9. The summed E-state index contributed by atoms with van der Waals surface area (Å²) in [6.45, 7) is 4.44. The van der Waals surface area contributed by atoms with Gasteiger partial charge in [-0.05, 0) is 67.6 Å². The van der Waals surface area contributed by atoms with Gasteiger partial charge in [0.15, 0.2) is 6.61 Å². The number of carbonyl (C=O) groups excluding carboxylic acids is 3. The Labute approximate surface area is 182 Å². The van der Waals surface area contributed by atoms with Crippen molar-refractivity contribution in [1.82, 2.24) is 5.32 Å². The summed E-state index contributed by atoms with van der Waals surface area (Å²) >= 11 is 0. The molecule has 31 heavy (non-hydrogen) atoms. The second-order valence-corrected chi connectivity index (χ2v) is 8.01. The first kappa shape index (κ1) is 22.3. The zero-order valence-corrected chi connectivity index (χ0v) is 17.9. The number of hydrogen-bond donors (Lipinski definition) is 2. The highest BCUT2D eigenvalue weighted by Crippen LogP contribution is 2.20. The van der Waals surface area contributed by atoms with Crippen LogP contribution in [0.4, 0.5) is 5.69 Å². The van der Waals surface area contributed by atoms with Crippen molar-refractivity contribution < 1.29 is 23.9 Å². The van der Waals surface area contributed by atoms with Crippen LogP contribution in [0.3, 0.4) is 0 Å². The fraction of sp³-hybridized carbons (Fsp3) is 0.375. The molecule has 2 amide bonds. The highest BCUT2D eigenvalue weighted by molar-refractivity contribution is 5.98. The summed E-state index contributed by atoms with van der Waals surface area (Å²) in [5, 5.41) is 5.54. The van der Waals surface area contributed by atoms with Crippen LogP contribution in [0.2, 0.25) is 0 Å². The number of amides is 2. The number of carbonyl (C=O) groups is 3. The fourth-order valence-corrected chi connectivity index (χ4v) is 2.75. The van der Waals surface area contributed by atoms with Crippen molar-refractivity contribution in [3.8, 4) is 5.75 Å². The number of anilines is 1. The zero-order valence-electron chi connectivity index (χ0n) is 17.9. The Kier molecular flexibility index (Phi) is 7.65. The number of esters is 1. The van der Waals surface area contributed by atoms with Crippen LogP contribution in [-0.4, -0.2) is 37.0 Å². The lowest BCUT2D eigenvalue weighted by Gasteiger charge is -2.10. The van der Waals surface area contributed by atoms with Crippen LogP contribution in [0, 0.1) is 5.92 Å². The molecular weight excluding hydrogens is 396 g/mol. The van der Waals surface area contributed by atoms with Crippen molar-refractivity contribution in [1.29, 1.82) is 0 Å². The van der Waals surface area contributed by atoms with E-state index in [4.69, 9.17) is 9.47 Å². The molecule has 2 aromatic rings. The molecule has 2 N–H and O–H groups in total. The molecule has 7 nitrogen and oxygen atoms in total. The van der Waals surface area contributed by atoms with Crippen molar-refractivity contribution in [2.45, 2.75) is 39.2 Å².